The summed E-state index contributed by atoms with van der Waals surface area (Å²) in [7, 11) is 0. The lowest BCUT2D eigenvalue weighted by Gasteiger charge is -2.32. The molecule has 1 spiro atoms. The summed E-state index contributed by atoms with van der Waals surface area (Å²) in [4.78, 5) is 2.44. The first-order valence-corrected chi connectivity index (χ1v) is 19.0. The zero-order chi connectivity index (χ0) is 36.1. The van der Waals surface area contributed by atoms with E-state index in [0.717, 1.165) is 50.1 Å². The number of hydrogen-bond donors (Lipinski definition) is 0. The van der Waals surface area contributed by atoms with Gasteiger partial charge in [-0.25, -0.2) is 0 Å². The number of fused-ring (bicyclic) bond motifs is 14. The fraction of sp³-hybridized carbons (Fsp3) is 0.0189. The van der Waals surface area contributed by atoms with Gasteiger partial charge < -0.3 is 9.32 Å². The second-order valence-electron chi connectivity index (χ2n) is 14.8. The van der Waals surface area contributed by atoms with Crippen LogP contribution < -0.4 is 4.90 Å². The molecule has 0 N–H and O–H groups in total. The quantitative estimate of drug-likeness (QED) is 0.182. The van der Waals surface area contributed by atoms with E-state index in [-0.39, 0.29) is 0 Å². The lowest BCUT2D eigenvalue weighted by molar-refractivity contribution is 0.669. The molecular weight excluding hydrogens is 667 g/mol. The molecule has 9 aromatic carbocycles. The molecule has 2 aliphatic rings. The van der Waals surface area contributed by atoms with Crippen molar-refractivity contribution >= 4 is 49.8 Å². The van der Waals surface area contributed by atoms with Gasteiger partial charge in [-0.1, -0.05) is 152 Å². The van der Waals surface area contributed by atoms with Crippen molar-refractivity contribution in [3.63, 3.8) is 0 Å². The molecule has 0 saturated carbocycles. The molecule has 2 nitrogen and oxygen atoms in total. The summed E-state index contributed by atoms with van der Waals surface area (Å²) in [5, 5.41) is 4.64. The van der Waals surface area contributed by atoms with Crippen LogP contribution in [0.25, 0.3) is 66.1 Å². The molecule has 1 heterocycles. The number of para-hydroxylation sites is 2. The summed E-state index contributed by atoms with van der Waals surface area (Å²) in [5.74, 6) is 0. The Balaban J connectivity index is 1.12. The number of furan rings is 1. The van der Waals surface area contributed by atoms with Crippen LogP contribution in [0.3, 0.4) is 0 Å². The highest BCUT2D eigenvalue weighted by Gasteiger charge is 2.51. The van der Waals surface area contributed by atoms with Gasteiger partial charge in [0.05, 0.1) is 11.1 Å². The smallest absolute Gasteiger partial charge is 0.136 e. The standard InChI is InChI=1S/C53H33NO/c1-2-17-36(18-3-1)54(49-27-13-9-22-42(49)43-23-14-28-50-52(43)44-31-34-15-4-5-16-35(34)32-51(44)55-50)37-29-30-41-40-21-8-12-26-47(40)53(48(41)33-37)45-24-10-6-19-38(45)39-20-7-11-25-46(39)53/h1-33H. The lowest BCUT2D eigenvalue weighted by atomic mass is 9.70. The fourth-order valence-electron chi connectivity index (χ4n) is 9.86. The van der Waals surface area contributed by atoms with E-state index in [9.17, 15) is 0 Å². The Bertz CT molecular complexity index is 3110. The van der Waals surface area contributed by atoms with Crippen LogP contribution in [-0.2, 0) is 5.41 Å². The van der Waals surface area contributed by atoms with Crippen LogP contribution in [0, 0.1) is 0 Å². The van der Waals surface area contributed by atoms with Crippen molar-refractivity contribution in [2.45, 2.75) is 5.41 Å². The van der Waals surface area contributed by atoms with E-state index in [4.69, 9.17) is 4.42 Å². The molecule has 0 atom stereocenters. The van der Waals surface area contributed by atoms with Gasteiger partial charge in [0.2, 0.25) is 0 Å². The van der Waals surface area contributed by atoms with Crippen molar-refractivity contribution in [1.82, 2.24) is 0 Å². The van der Waals surface area contributed by atoms with Gasteiger partial charge in [-0.3, -0.25) is 0 Å². The van der Waals surface area contributed by atoms with E-state index in [1.165, 1.54) is 55.3 Å². The number of benzene rings is 9. The highest BCUT2D eigenvalue weighted by molar-refractivity contribution is 6.16. The van der Waals surface area contributed by atoms with Gasteiger partial charge in [0.25, 0.3) is 0 Å². The molecule has 0 radical (unpaired) electrons. The predicted octanol–water partition coefficient (Wildman–Crippen LogP) is 14.2. The average molecular weight is 700 g/mol. The number of anilines is 3. The Morgan fingerprint density at radius 3 is 1.58 bits per heavy atom. The summed E-state index contributed by atoms with van der Waals surface area (Å²) in [6, 6.07) is 73.2. The first kappa shape index (κ1) is 30.3. The van der Waals surface area contributed by atoms with Crippen molar-refractivity contribution in [3.05, 3.63) is 222 Å². The summed E-state index contributed by atoms with van der Waals surface area (Å²) in [6.07, 6.45) is 0. The van der Waals surface area contributed by atoms with Gasteiger partial charge >= 0.3 is 0 Å². The number of hydrogen-bond acceptors (Lipinski definition) is 2. The summed E-state index contributed by atoms with van der Waals surface area (Å²) in [5.41, 5.74) is 17.5. The van der Waals surface area contributed by atoms with E-state index >= 15 is 0 Å². The van der Waals surface area contributed by atoms with Crippen LogP contribution in [0.1, 0.15) is 22.3 Å². The molecule has 2 aliphatic carbocycles. The molecule has 0 saturated heterocycles. The van der Waals surface area contributed by atoms with E-state index < -0.39 is 5.41 Å². The monoisotopic (exact) mass is 699 g/mol. The fourth-order valence-corrected chi connectivity index (χ4v) is 9.86. The lowest BCUT2D eigenvalue weighted by Crippen LogP contribution is -2.26. The highest BCUT2D eigenvalue weighted by Crippen LogP contribution is 2.63. The maximum absolute atomic E-state index is 6.57. The van der Waals surface area contributed by atoms with Crippen molar-refractivity contribution in [1.29, 1.82) is 0 Å². The van der Waals surface area contributed by atoms with Crippen molar-refractivity contribution in [2.24, 2.45) is 0 Å². The van der Waals surface area contributed by atoms with E-state index in [1.807, 2.05) is 0 Å². The average Bonchev–Trinajstić information content (AvgIpc) is 3.87. The minimum atomic E-state index is -0.429. The molecule has 12 rings (SSSR count). The molecular formula is C53H33NO. The van der Waals surface area contributed by atoms with Gasteiger partial charge in [0, 0.05) is 27.7 Å². The molecule has 0 unspecified atom stereocenters. The largest absolute Gasteiger partial charge is 0.456 e. The third-order valence-corrected chi connectivity index (χ3v) is 12.1. The topological polar surface area (TPSA) is 16.4 Å². The highest BCUT2D eigenvalue weighted by atomic mass is 16.3. The molecule has 0 amide bonds. The predicted molar refractivity (Wildman–Crippen MR) is 228 cm³/mol. The SMILES string of the molecule is c1ccc(N(c2ccc3c(c2)C2(c4ccccc4-c4ccccc42)c2ccccc2-3)c2ccccc2-c2cccc3oc4cc5ccccc5cc4c23)cc1. The number of nitrogens with zero attached hydrogens (tertiary/aromatic N) is 1. The first-order chi connectivity index (χ1) is 27.3. The first-order valence-electron chi connectivity index (χ1n) is 19.0. The molecule has 10 aromatic rings. The Morgan fingerprint density at radius 2 is 0.891 bits per heavy atom. The third-order valence-electron chi connectivity index (χ3n) is 12.1. The van der Waals surface area contributed by atoms with Crippen LogP contribution in [0.2, 0.25) is 0 Å². The second kappa shape index (κ2) is 11.4. The summed E-state index contributed by atoms with van der Waals surface area (Å²) >= 11 is 0. The van der Waals surface area contributed by atoms with Crippen LogP contribution >= 0.6 is 0 Å². The van der Waals surface area contributed by atoms with Crippen molar-refractivity contribution < 1.29 is 4.42 Å². The van der Waals surface area contributed by atoms with Gasteiger partial charge in [-0.05, 0) is 109 Å². The van der Waals surface area contributed by atoms with Crippen molar-refractivity contribution in [2.75, 3.05) is 4.90 Å². The normalized spacial score (nSPS) is 13.2. The van der Waals surface area contributed by atoms with Crippen LogP contribution in [-0.4, -0.2) is 0 Å². The van der Waals surface area contributed by atoms with Crippen LogP contribution in [0.4, 0.5) is 17.1 Å². The van der Waals surface area contributed by atoms with E-state index in [2.05, 4.69) is 205 Å². The van der Waals surface area contributed by atoms with Crippen LogP contribution in [0.5, 0.6) is 0 Å². The van der Waals surface area contributed by atoms with Gasteiger partial charge in [0.1, 0.15) is 11.2 Å². The molecule has 256 valence electrons. The van der Waals surface area contributed by atoms with E-state index in [0.29, 0.717) is 0 Å². The molecule has 2 heteroatoms. The zero-order valence-electron chi connectivity index (χ0n) is 29.9. The Hall–Kier alpha value is -7.16. The Labute approximate surface area is 319 Å². The third kappa shape index (κ3) is 4.14. The molecule has 1 aromatic heterocycles. The molecule has 0 fully saturated rings. The minimum Gasteiger partial charge on any atom is -0.456 e. The molecule has 0 bridgehead atoms. The van der Waals surface area contributed by atoms with E-state index in [1.54, 1.807) is 0 Å². The van der Waals surface area contributed by atoms with Gasteiger partial charge in [-0.15, -0.1) is 0 Å². The van der Waals surface area contributed by atoms with Crippen LogP contribution in [0.15, 0.2) is 205 Å². The Kier molecular flexibility index (Phi) is 6.29. The summed E-state index contributed by atoms with van der Waals surface area (Å²) in [6.45, 7) is 0. The minimum absolute atomic E-state index is 0.429. The molecule has 0 aliphatic heterocycles. The molecule has 55 heavy (non-hydrogen) atoms. The van der Waals surface area contributed by atoms with Gasteiger partial charge in [0.15, 0.2) is 0 Å². The second-order valence-corrected chi connectivity index (χ2v) is 14.8. The van der Waals surface area contributed by atoms with Crippen molar-refractivity contribution in [3.8, 4) is 33.4 Å². The maximum Gasteiger partial charge on any atom is 0.136 e. The zero-order valence-corrected chi connectivity index (χ0v) is 29.9. The van der Waals surface area contributed by atoms with Gasteiger partial charge in [-0.2, -0.15) is 0 Å². The number of rotatable bonds is 4. The maximum atomic E-state index is 6.57. The summed E-state index contributed by atoms with van der Waals surface area (Å²) < 4.78 is 6.57. The Morgan fingerprint density at radius 1 is 0.345 bits per heavy atom.